The number of halogens is 1. The zero-order chi connectivity index (χ0) is 21.6. The second kappa shape index (κ2) is 10.0. The lowest BCUT2D eigenvalue weighted by molar-refractivity contribution is -0.116. The smallest absolute Gasteiger partial charge is 0.243 e. The Kier molecular flexibility index (Phi) is 7.44. The summed E-state index contributed by atoms with van der Waals surface area (Å²) < 4.78 is 45.2. The second-order valence-corrected chi connectivity index (χ2v) is 9.28. The zero-order valence-electron chi connectivity index (χ0n) is 17.0. The van der Waals surface area contributed by atoms with Gasteiger partial charge in [0.25, 0.3) is 0 Å². The first-order valence-electron chi connectivity index (χ1n) is 10.2. The molecule has 2 aromatic rings. The highest BCUT2D eigenvalue weighted by Gasteiger charge is 2.29. The number of sulfonamides is 1. The van der Waals surface area contributed by atoms with Crippen molar-refractivity contribution in [3.8, 4) is 5.75 Å². The van der Waals surface area contributed by atoms with Crippen LogP contribution in [0.5, 0.6) is 5.75 Å². The van der Waals surface area contributed by atoms with Crippen LogP contribution in [0.1, 0.15) is 32.6 Å². The molecule has 2 aromatic carbocycles. The highest BCUT2D eigenvalue weighted by molar-refractivity contribution is 7.89. The summed E-state index contributed by atoms with van der Waals surface area (Å²) in [6.45, 7) is 3.32. The van der Waals surface area contributed by atoms with Gasteiger partial charge >= 0.3 is 0 Å². The fourth-order valence-corrected chi connectivity index (χ4v) is 5.02. The number of hydrogen-bond acceptors (Lipinski definition) is 4. The number of amides is 1. The monoisotopic (exact) mass is 434 g/mol. The van der Waals surface area contributed by atoms with Crippen LogP contribution >= 0.6 is 0 Å². The highest BCUT2D eigenvalue weighted by Crippen LogP contribution is 2.27. The number of benzene rings is 2. The Morgan fingerprint density at radius 2 is 1.73 bits per heavy atom. The number of carbonyl (C=O) groups is 1. The van der Waals surface area contributed by atoms with Crippen LogP contribution in [-0.4, -0.2) is 38.3 Å². The fourth-order valence-electron chi connectivity index (χ4n) is 3.55. The van der Waals surface area contributed by atoms with Crippen LogP contribution in [0.2, 0.25) is 0 Å². The van der Waals surface area contributed by atoms with E-state index >= 15 is 0 Å². The molecule has 0 unspecified atom stereocenters. The number of carbonyl (C=O) groups excluding carboxylic acids is 1. The largest absolute Gasteiger partial charge is 0.494 e. The van der Waals surface area contributed by atoms with E-state index in [2.05, 4.69) is 5.32 Å². The standard InChI is InChI=1S/C22H27FN2O4S/c1-2-29-20-8-6-19(7-9-20)24-22(26)12-3-17-13-15-25(16-14-17)30(27,28)21-10-4-18(23)5-11-21/h4-11,17H,2-3,12-16H2,1H3,(H,24,26). The molecule has 0 bridgehead atoms. The molecule has 1 amide bonds. The van der Waals surface area contributed by atoms with Crippen LogP contribution in [0.3, 0.4) is 0 Å². The molecule has 0 spiro atoms. The molecule has 0 saturated carbocycles. The molecule has 3 rings (SSSR count). The van der Waals surface area contributed by atoms with E-state index < -0.39 is 15.8 Å². The molecule has 0 aromatic heterocycles. The van der Waals surface area contributed by atoms with Gasteiger partial charge in [0, 0.05) is 25.2 Å². The van der Waals surface area contributed by atoms with E-state index in [0.29, 0.717) is 51.3 Å². The molecule has 1 aliphatic rings. The van der Waals surface area contributed by atoms with Gasteiger partial charge in [-0.1, -0.05) is 0 Å². The van der Waals surface area contributed by atoms with Crippen molar-refractivity contribution in [2.75, 3.05) is 25.0 Å². The highest BCUT2D eigenvalue weighted by atomic mass is 32.2. The Labute approximate surface area is 177 Å². The van der Waals surface area contributed by atoms with Gasteiger partial charge in [0.05, 0.1) is 11.5 Å². The first-order valence-corrected chi connectivity index (χ1v) is 11.6. The lowest BCUT2D eigenvalue weighted by atomic mass is 9.93. The number of hydrogen-bond donors (Lipinski definition) is 1. The van der Waals surface area contributed by atoms with Crippen molar-refractivity contribution in [1.29, 1.82) is 0 Å². The van der Waals surface area contributed by atoms with Crippen molar-refractivity contribution in [2.24, 2.45) is 5.92 Å². The number of ether oxygens (including phenoxy) is 1. The van der Waals surface area contributed by atoms with Crippen molar-refractivity contribution in [2.45, 2.75) is 37.5 Å². The Morgan fingerprint density at radius 1 is 1.10 bits per heavy atom. The summed E-state index contributed by atoms with van der Waals surface area (Å²) in [7, 11) is -3.60. The van der Waals surface area contributed by atoms with Gasteiger partial charge in [-0.3, -0.25) is 4.79 Å². The molecule has 0 atom stereocenters. The van der Waals surface area contributed by atoms with Crippen LogP contribution < -0.4 is 10.1 Å². The minimum atomic E-state index is -3.60. The molecule has 0 aliphatic carbocycles. The molecule has 162 valence electrons. The van der Waals surface area contributed by atoms with E-state index in [1.807, 2.05) is 31.2 Å². The number of rotatable bonds is 8. The average molecular weight is 435 g/mol. The van der Waals surface area contributed by atoms with Gasteiger partial charge in [0.1, 0.15) is 11.6 Å². The Morgan fingerprint density at radius 3 is 2.33 bits per heavy atom. The second-order valence-electron chi connectivity index (χ2n) is 7.35. The minimum absolute atomic E-state index is 0.0551. The maximum absolute atomic E-state index is 13.1. The van der Waals surface area contributed by atoms with E-state index in [1.54, 1.807) is 0 Å². The van der Waals surface area contributed by atoms with E-state index in [0.717, 1.165) is 23.6 Å². The summed E-state index contributed by atoms with van der Waals surface area (Å²) in [5.41, 5.74) is 0.726. The molecule has 30 heavy (non-hydrogen) atoms. The molecule has 1 saturated heterocycles. The third-order valence-electron chi connectivity index (χ3n) is 5.25. The Bertz CT molecular complexity index is 938. The summed E-state index contributed by atoms with van der Waals surface area (Å²) in [6, 6.07) is 12.1. The summed E-state index contributed by atoms with van der Waals surface area (Å²) in [5.74, 6) is 0.547. The van der Waals surface area contributed by atoms with Gasteiger partial charge in [-0.25, -0.2) is 12.8 Å². The maximum Gasteiger partial charge on any atom is 0.243 e. The van der Waals surface area contributed by atoms with Crippen molar-refractivity contribution in [1.82, 2.24) is 4.31 Å². The fraction of sp³-hybridized carbons (Fsp3) is 0.409. The van der Waals surface area contributed by atoms with Crippen molar-refractivity contribution in [3.05, 3.63) is 54.3 Å². The SMILES string of the molecule is CCOc1ccc(NC(=O)CCC2CCN(S(=O)(=O)c3ccc(F)cc3)CC2)cc1. The van der Waals surface area contributed by atoms with Crippen molar-refractivity contribution >= 4 is 21.6 Å². The molecular formula is C22H27FN2O4S. The first-order chi connectivity index (χ1) is 14.4. The van der Waals surface area contributed by atoms with Gasteiger partial charge in [-0.05, 0) is 80.6 Å². The van der Waals surface area contributed by atoms with E-state index in [4.69, 9.17) is 4.74 Å². The van der Waals surface area contributed by atoms with Gasteiger partial charge in [0.15, 0.2) is 0 Å². The predicted molar refractivity (Wildman–Crippen MR) is 113 cm³/mol. The summed E-state index contributed by atoms with van der Waals surface area (Å²) >= 11 is 0. The molecular weight excluding hydrogens is 407 g/mol. The van der Waals surface area contributed by atoms with Crippen LogP contribution in [0.15, 0.2) is 53.4 Å². The van der Waals surface area contributed by atoms with Crippen LogP contribution in [0.25, 0.3) is 0 Å². The van der Waals surface area contributed by atoms with Crippen LogP contribution in [-0.2, 0) is 14.8 Å². The lowest BCUT2D eigenvalue weighted by Crippen LogP contribution is -2.38. The zero-order valence-corrected chi connectivity index (χ0v) is 17.8. The van der Waals surface area contributed by atoms with Crippen molar-refractivity contribution < 1.29 is 22.3 Å². The number of anilines is 1. The first kappa shape index (κ1) is 22.2. The Hall–Kier alpha value is -2.45. The number of nitrogens with one attached hydrogen (secondary N) is 1. The normalized spacial score (nSPS) is 15.7. The van der Waals surface area contributed by atoms with Gasteiger partial charge in [-0.15, -0.1) is 0 Å². The minimum Gasteiger partial charge on any atom is -0.494 e. The van der Waals surface area contributed by atoms with E-state index in [-0.39, 0.29) is 10.8 Å². The Balaban J connectivity index is 1.44. The summed E-state index contributed by atoms with van der Waals surface area (Å²) in [5, 5.41) is 2.88. The molecule has 0 radical (unpaired) electrons. The summed E-state index contributed by atoms with van der Waals surface area (Å²) in [4.78, 5) is 12.3. The van der Waals surface area contributed by atoms with E-state index in [9.17, 15) is 17.6 Å². The quantitative estimate of drug-likeness (QED) is 0.680. The maximum atomic E-state index is 13.1. The van der Waals surface area contributed by atoms with Crippen molar-refractivity contribution in [3.63, 3.8) is 0 Å². The number of nitrogens with zero attached hydrogens (tertiary/aromatic N) is 1. The third kappa shape index (κ3) is 5.79. The predicted octanol–water partition coefficient (Wildman–Crippen LogP) is 4.04. The average Bonchev–Trinajstić information content (AvgIpc) is 2.74. The number of piperidine rings is 1. The van der Waals surface area contributed by atoms with Gasteiger partial charge in [-0.2, -0.15) is 4.31 Å². The molecule has 1 aliphatic heterocycles. The molecule has 1 fully saturated rings. The lowest BCUT2D eigenvalue weighted by Gasteiger charge is -2.31. The molecule has 1 heterocycles. The van der Waals surface area contributed by atoms with Crippen LogP contribution in [0.4, 0.5) is 10.1 Å². The van der Waals surface area contributed by atoms with Crippen LogP contribution in [0, 0.1) is 11.7 Å². The topological polar surface area (TPSA) is 75.7 Å². The summed E-state index contributed by atoms with van der Waals surface area (Å²) in [6.07, 6.45) is 2.52. The van der Waals surface area contributed by atoms with Gasteiger partial charge in [0.2, 0.25) is 15.9 Å². The molecule has 1 N–H and O–H groups in total. The molecule has 6 nitrogen and oxygen atoms in total. The molecule has 8 heteroatoms. The van der Waals surface area contributed by atoms with Gasteiger partial charge < -0.3 is 10.1 Å². The third-order valence-corrected chi connectivity index (χ3v) is 7.17. The van der Waals surface area contributed by atoms with E-state index in [1.165, 1.54) is 16.4 Å².